The lowest BCUT2D eigenvalue weighted by atomic mass is 10.2. The number of nitrogens with zero attached hydrogens (tertiary/aromatic N) is 2. The molecule has 0 spiro atoms. The summed E-state index contributed by atoms with van der Waals surface area (Å²) in [6.45, 7) is 0. The third-order valence-electron chi connectivity index (χ3n) is 1.68. The van der Waals surface area contributed by atoms with Crippen LogP contribution in [-0.4, -0.2) is 12.1 Å². The normalized spacial score (nSPS) is 34.2. The monoisotopic (exact) mass is 128 g/mol. The van der Waals surface area contributed by atoms with Crippen LogP contribution in [0.4, 0.5) is 0 Å². The van der Waals surface area contributed by atoms with Crippen molar-refractivity contribution in [1.29, 1.82) is 0 Å². The van der Waals surface area contributed by atoms with Crippen LogP contribution in [0.2, 0.25) is 0 Å². The van der Waals surface area contributed by atoms with Crippen LogP contribution in [0, 0.1) is 9.81 Å². The molecule has 1 saturated carbocycles. The largest absolute Gasteiger partial charge is 0.151 e. The van der Waals surface area contributed by atoms with Gasteiger partial charge < -0.3 is 0 Å². The van der Waals surface area contributed by atoms with Crippen molar-refractivity contribution in [3.05, 3.63) is 9.81 Å². The summed E-state index contributed by atoms with van der Waals surface area (Å²) in [5.74, 6) is 0. The van der Waals surface area contributed by atoms with Crippen molar-refractivity contribution in [1.82, 2.24) is 0 Å². The molecule has 0 aromatic rings. The predicted octanol–water partition coefficient (Wildman–Crippen LogP) is 1.44. The minimum absolute atomic E-state index is 0.146. The van der Waals surface area contributed by atoms with Crippen molar-refractivity contribution in [2.24, 2.45) is 10.4 Å². The van der Waals surface area contributed by atoms with Crippen LogP contribution in [0.25, 0.3) is 0 Å². The van der Waals surface area contributed by atoms with E-state index in [9.17, 15) is 9.81 Å². The molecule has 4 nitrogen and oxygen atoms in total. The summed E-state index contributed by atoms with van der Waals surface area (Å²) < 4.78 is 0. The van der Waals surface area contributed by atoms with Gasteiger partial charge in [-0.05, 0) is 19.3 Å². The van der Waals surface area contributed by atoms with Gasteiger partial charge in [0.2, 0.25) is 0 Å². The van der Waals surface area contributed by atoms with Crippen molar-refractivity contribution >= 4 is 0 Å². The molecule has 0 amide bonds. The van der Waals surface area contributed by atoms with Crippen molar-refractivity contribution in [2.45, 2.75) is 31.3 Å². The van der Waals surface area contributed by atoms with Gasteiger partial charge in [0.25, 0.3) is 0 Å². The van der Waals surface area contributed by atoms with Crippen molar-refractivity contribution < 1.29 is 0 Å². The number of hydrogen-bond donors (Lipinski definition) is 0. The van der Waals surface area contributed by atoms with E-state index in [2.05, 4.69) is 10.4 Å². The van der Waals surface area contributed by atoms with E-state index in [0.717, 1.165) is 12.8 Å². The second-order valence-electron chi connectivity index (χ2n) is 2.33. The second-order valence-corrected chi connectivity index (χ2v) is 2.33. The van der Waals surface area contributed by atoms with Crippen molar-refractivity contribution in [2.75, 3.05) is 0 Å². The molecule has 2 atom stereocenters. The second kappa shape index (κ2) is 2.66. The number of hydrogen-bond acceptors (Lipinski definition) is 4. The highest BCUT2D eigenvalue weighted by atomic mass is 16.3. The topological polar surface area (TPSA) is 58.9 Å². The molecule has 0 N–H and O–H groups in total. The molecule has 0 bridgehead atoms. The van der Waals surface area contributed by atoms with Gasteiger partial charge in [0.1, 0.15) is 0 Å². The average Bonchev–Trinajstić information content (AvgIpc) is 2.34. The van der Waals surface area contributed by atoms with E-state index in [-0.39, 0.29) is 12.1 Å². The molecule has 1 aliphatic carbocycles. The van der Waals surface area contributed by atoms with Crippen LogP contribution in [-0.2, 0) is 0 Å². The fraction of sp³-hybridized carbons (Fsp3) is 1.00. The van der Waals surface area contributed by atoms with Crippen LogP contribution >= 0.6 is 0 Å². The number of rotatable bonds is 2. The summed E-state index contributed by atoms with van der Waals surface area (Å²) >= 11 is 0. The Labute approximate surface area is 52.6 Å². The Morgan fingerprint density at radius 1 is 1.00 bits per heavy atom. The highest BCUT2D eigenvalue weighted by Gasteiger charge is 2.25. The summed E-state index contributed by atoms with van der Waals surface area (Å²) in [6, 6.07) is -0.291. The minimum Gasteiger partial charge on any atom is -0.151 e. The molecule has 50 valence electrons. The lowest BCUT2D eigenvalue weighted by Gasteiger charge is -1.92. The predicted molar refractivity (Wildman–Crippen MR) is 33.0 cm³/mol. The van der Waals surface area contributed by atoms with Crippen molar-refractivity contribution in [3.63, 3.8) is 0 Å². The molecule has 0 heterocycles. The summed E-state index contributed by atoms with van der Waals surface area (Å²) in [4.78, 5) is 19.7. The maximum Gasteiger partial charge on any atom is 0.0942 e. The van der Waals surface area contributed by atoms with E-state index in [1.165, 1.54) is 0 Å². The van der Waals surface area contributed by atoms with E-state index in [1.54, 1.807) is 0 Å². The maximum absolute atomic E-state index is 9.87. The molecule has 0 radical (unpaired) electrons. The van der Waals surface area contributed by atoms with Gasteiger partial charge >= 0.3 is 0 Å². The van der Waals surface area contributed by atoms with Gasteiger partial charge in [-0.15, -0.1) is 0 Å². The third kappa shape index (κ3) is 1.31. The first-order chi connectivity index (χ1) is 4.36. The zero-order valence-electron chi connectivity index (χ0n) is 4.99. The average molecular weight is 128 g/mol. The summed E-state index contributed by atoms with van der Waals surface area (Å²) in [7, 11) is 0. The SMILES string of the molecule is O=NC1CCC(N=O)C1. The van der Waals surface area contributed by atoms with Gasteiger partial charge in [0, 0.05) is 0 Å². The molecule has 2 unspecified atom stereocenters. The Morgan fingerprint density at radius 3 is 1.67 bits per heavy atom. The Morgan fingerprint density at radius 2 is 1.44 bits per heavy atom. The molecule has 0 aliphatic heterocycles. The van der Waals surface area contributed by atoms with Gasteiger partial charge in [0.05, 0.1) is 12.1 Å². The van der Waals surface area contributed by atoms with E-state index in [4.69, 9.17) is 0 Å². The number of nitroso groups, excluding NO2 is 2. The lowest BCUT2D eigenvalue weighted by Crippen LogP contribution is -1.98. The smallest absolute Gasteiger partial charge is 0.0942 e. The summed E-state index contributed by atoms with van der Waals surface area (Å²) in [5, 5.41) is 5.67. The Balaban J connectivity index is 2.36. The third-order valence-corrected chi connectivity index (χ3v) is 1.68. The van der Waals surface area contributed by atoms with E-state index >= 15 is 0 Å². The first-order valence-corrected chi connectivity index (χ1v) is 3.01. The fourth-order valence-corrected chi connectivity index (χ4v) is 1.13. The quantitative estimate of drug-likeness (QED) is 0.528. The first-order valence-electron chi connectivity index (χ1n) is 3.01. The molecule has 0 aromatic carbocycles. The first kappa shape index (κ1) is 6.32. The standard InChI is InChI=1S/C5H8N2O2/c8-6-4-1-2-5(3-4)7-9/h4-5H,1-3H2. The lowest BCUT2D eigenvalue weighted by molar-refractivity contribution is 0.662. The van der Waals surface area contributed by atoms with Crippen LogP contribution in [0.1, 0.15) is 19.3 Å². The van der Waals surface area contributed by atoms with E-state index < -0.39 is 0 Å². The molecule has 4 heteroatoms. The van der Waals surface area contributed by atoms with Gasteiger partial charge in [-0.25, -0.2) is 0 Å². The highest BCUT2D eigenvalue weighted by molar-refractivity contribution is 4.83. The Bertz CT molecular complexity index is 112. The molecule has 1 fully saturated rings. The van der Waals surface area contributed by atoms with Crippen molar-refractivity contribution in [3.8, 4) is 0 Å². The summed E-state index contributed by atoms with van der Waals surface area (Å²) in [5.41, 5.74) is 0. The molecule has 1 aliphatic rings. The Kier molecular flexibility index (Phi) is 1.87. The van der Waals surface area contributed by atoms with E-state index in [1.807, 2.05) is 0 Å². The van der Waals surface area contributed by atoms with Crippen LogP contribution in [0.5, 0.6) is 0 Å². The molecule has 9 heavy (non-hydrogen) atoms. The molecule has 1 rings (SSSR count). The minimum atomic E-state index is -0.146. The van der Waals surface area contributed by atoms with Crippen LogP contribution in [0.3, 0.4) is 0 Å². The van der Waals surface area contributed by atoms with Gasteiger partial charge in [0.15, 0.2) is 0 Å². The van der Waals surface area contributed by atoms with Gasteiger partial charge in [-0.3, -0.25) is 0 Å². The van der Waals surface area contributed by atoms with Gasteiger partial charge in [-0.1, -0.05) is 10.4 Å². The highest BCUT2D eigenvalue weighted by Crippen LogP contribution is 2.23. The zero-order valence-corrected chi connectivity index (χ0v) is 4.99. The van der Waals surface area contributed by atoms with E-state index in [0.29, 0.717) is 6.42 Å². The maximum atomic E-state index is 9.87. The summed E-state index contributed by atoms with van der Waals surface area (Å²) in [6.07, 6.45) is 2.03. The molecular weight excluding hydrogens is 120 g/mol. The Hall–Kier alpha value is -0.800. The molecular formula is C5H8N2O2. The fourth-order valence-electron chi connectivity index (χ4n) is 1.13. The van der Waals surface area contributed by atoms with Gasteiger partial charge in [-0.2, -0.15) is 9.81 Å². The molecule has 0 saturated heterocycles. The van der Waals surface area contributed by atoms with Crippen LogP contribution in [0.15, 0.2) is 10.4 Å². The van der Waals surface area contributed by atoms with Crippen LogP contribution < -0.4 is 0 Å². The molecule has 0 aromatic heterocycles. The zero-order chi connectivity index (χ0) is 6.69.